The summed E-state index contributed by atoms with van der Waals surface area (Å²) < 4.78 is 0. The number of hydrogen-bond acceptors (Lipinski definition) is 3. The van der Waals surface area contributed by atoms with E-state index in [0.717, 1.165) is 37.3 Å². The number of fused-ring (bicyclic) bond motifs is 1. The molecule has 2 aromatic rings. The van der Waals surface area contributed by atoms with E-state index in [1.54, 1.807) is 6.20 Å². The van der Waals surface area contributed by atoms with E-state index in [1.807, 2.05) is 17.2 Å². The molecule has 1 saturated heterocycles. The van der Waals surface area contributed by atoms with E-state index in [2.05, 4.69) is 34.0 Å². The number of nitrogens with one attached hydrogen (secondary N) is 1. The summed E-state index contributed by atoms with van der Waals surface area (Å²) in [5, 5.41) is 0. The Balaban J connectivity index is 1.54. The standard InChI is InChI=1S/C18H22N4O/c1-21-9-10-22(12-16(21)17-19-7-8-20-17)18(23)15-6-5-13-3-2-4-14(13)11-15/h5-8,11,16H,2-4,9-10,12H2,1H3,(H,19,20). The number of H-pyrrole nitrogens is 1. The van der Waals surface area contributed by atoms with Crippen molar-refractivity contribution in [1.82, 2.24) is 19.8 Å². The number of nitrogens with zero attached hydrogens (tertiary/aromatic N) is 3. The molecule has 1 aromatic carbocycles. The van der Waals surface area contributed by atoms with Crippen LogP contribution in [0.25, 0.3) is 0 Å². The molecule has 1 unspecified atom stereocenters. The van der Waals surface area contributed by atoms with Gasteiger partial charge >= 0.3 is 0 Å². The zero-order valence-electron chi connectivity index (χ0n) is 13.5. The highest BCUT2D eigenvalue weighted by Gasteiger charge is 2.30. The minimum Gasteiger partial charge on any atom is -0.347 e. The van der Waals surface area contributed by atoms with Crippen LogP contribution in [0.3, 0.4) is 0 Å². The molecule has 23 heavy (non-hydrogen) atoms. The summed E-state index contributed by atoms with van der Waals surface area (Å²) in [6.07, 6.45) is 7.07. The predicted molar refractivity (Wildman–Crippen MR) is 88.3 cm³/mol. The molecule has 0 radical (unpaired) electrons. The van der Waals surface area contributed by atoms with Crippen LogP contribution in [0.1, 0.15) is 39.8 Å². The Morgan fingerprint density at radius 2 is 2.13 bits per heavy atom. The van der Waals surface area contributed by atoms with Crippen molar-refractivity contribution in [1.29, 1.82) is 0 Å². The van der Waals surface area contributed by atoms with Crippen molar-refractivity contribution in [2.24, 2.45) is 0 Å². The van der Waals surface area contributed by atoms with Gasteiger partial charge in [-0.2, -0.15) is 0 Å². The number of piperazine rings is 1. The van der Waals surface area contributed by atoms with Gasteiger partial charge in [0, 0.05) is 37.6 Å². The Morgan fingerprint density at radius 3 is 2.96 bits per heavy atom. The molecule has 2 aliphatic rings. The maximum atomic E-state index is 12.9. The van der Waals surface area contributed by atoms with Gasteiger partial charge in [0.05, 0.1) is 6.04 Å². The monoisotopic (exact) mass is 310 g/mol. The fourth-order valence-electron chi connectivity index (χ4n) is 3.70. The number of imidazole rings is 1. The van der Waals surface area contributed by atoms with Crippen LogP contribution >= 0.6 is 0 Å². The first-order chi connectivity index (χ1) is 11.2. The number of aromatic nitrogens is 2. The third-order valence-corrected chi connectivity index (χ3v) is 5.12. The number of aromatic amines is 1. The lowest BCUT2D eigenvalue weighted by molar-refractivity contribution is 0.0534. The molecule has 1 atom stereocenters. The molecule has 1 N–H and O–H groups in total. The number of benzene rings is 1. The molecule has 1 aliphatic heterocycles. The minimum absolute atomic E-state index is 0.136. The molecule has 1 fully saturated rings. The van der Waals surface area contributed by atoms with Crippen molar-refractivity contribution in [2.45, 2.75) is 25.3 Å². The molecular formula is C18H22N4O. The van der Waals surface area contributed by atoms with E-state index in [-0.39, 0.29) is 11.9 Å². The second-order valence-corrected chi connectivity index (χ2v) is 6.56. The summed E-state index contributed by atoms with van der Waals surface area (Å²) in [5.41, 5.74) is 3.59. The third kappa shape index (κ3) is 2.65. The summed E-state index contributed by atoms with van der Waals surface area (Å²) in [7, 11) is 2.09. The van der Waals surface area contributed by atoms with Crippen LogP contribution in [0, 0.1) is 0 Å². The molecule has 2 heterocycles. The van der Waals surface area contributed by atoms with Crippen molar-refractivity contribution in [3.63, 3.8) is 0 Å². The van der Waals surface area contributed by atoms with Crippen molar-refractivity contribution in [2.75, 3.05) is 26.7 Å². The van der Waals surface area contributed by atoms with Crippen LogP contribution in [-0.4, -0.2) is 52.4 Å². The predicted octanol–water partition coefficient (Wildman–Crippen LogP) is 2.03. The smallest absolute Gasteiger partial charge is 0.253 e. The maximum Gasteiger partial charge on any atom is 0.253 e. The van der Waals surface area contributed by atoms with E-state index < -0.39 is 0 Å². The highest BCUT2D eigenvalue weighted by atomic mass is 16.2. The molecule has 1 aliphatic carbocycles. The zero-order chi connectivity index (χ0) is 15.8. The van der Waals surface area contributed by atoms with Crippen LogP contribution in [0.15, 0.2) is 30.6 Å². The molecule has 1 amide bonds. The van der Waals surface area contributed by atoms with E-state index in [0.29, 0.717) is 6.54 Å². The first-order valence-electron chi connectivity index (χ1n) is 8.33. The summed E-state index contributed by atoms with van der Waals surface area (Å²) >= 11 is 0. The molecule has 5 heteroatoms. The van der Waals surface area contributed by atoms with Crippen LogP contribution in [-0.2, 0) is 12.8 Å². The van der Waals surface area contributed by atoms with Gasteiger partial charge in [-0.15, -0.1) is 0 Å². The van der Waals surface area contributed by atoms with Gasteiger partial charge in [-0.1, -0.05) is 6.07 Å². The number of rotatable bonds is 2. The molecule has 0 spiro atoms. The lowest BCUT2D eigenvalue weighted by Crippen LogP contribution is -2.49. The molecule has 4 rings (SSSR count). The largest absolute Gasteiger partial charge is 0.347 e. The van der Waals surface area contributed by atoms with E-state index >= 15 is 0 Å². The minimum atomic E-state index is 0.136. The molecule has 0 saturated carbocycles. The average molecular weight is 310 g/mol. The maximum absolute atomic E-state index is 12.9. The second-order valence-electron chi connectivity index (χ2n) is 6.56. The van der Waals surface area contributed by atoms with Gasteiger partial charge in [-0.3, -0.25) is 9.69 Å². The zero-order valence-corrected chi connectivity index (χ0v) is 13.5. The van der Waals surface area contributed by atoms with Crippen LogP contribution in [0.4, 0.5) is 0 Å². The number of hydrogen-bond donors (Lipinski definition) is 1. The van der Waals surface area contributed by atoms with Gasteiger partial charge in [0.25, 0.3) is 5.91 Å². The summed E-state index contributed by atoms with van der Waals surface area (Å²) in [4.78, 5) is 24.7. The highest BCUT2D eigenvalue weighted by Crippen LogP contribution is 2.25. The second kappa shape index (κ2) is 5.81. The van der Waals surface area contributed by atoms with Gasteiger partial charge in [-0.25, -0.2) is 4.98 Å². The molecule has 5 nitrogen and oxygen atoms in total. The topological polar surface area (TPSA) is 52.2 Å². The Bertz CT molecular complexity index is 710. The SMILES string of the molecule is CN1CCN(C(=O)c2ccc3c(c2)CCC3)CC1c1ncc[nH]1. The van der Waals surface area contributed by atoms with Gasteiger partial charge < -0.3 is 9.88 Å². The van der Waals surface area contributed by atoms with Crippen LogP contribution in [0.5, 0.6) is 0 Å². The average Bonchev–Trinajstić information content (AvgIpc) is 3.25. The fourth-order valence-corrected chi connectivity index (χ4v) is 3.70. The van der Waals surface area contributed by atoms with E-state index in [4.69, 9.17) is 0 Å². The van der Waals surface area contributed by atoms with Gasteiger partial charge in [0.15, 0.2) is 0 Å². The summed E-state index contributed by atoms with van der Waals surface area (Å²) in [6.45, 7) is 2.31. The number of amides is 1. The lowest BCUT2D eigenvalue weighted by atomic mass is 10.0. The molecule has 1 aromatic heterocycles. The highest BCUT2D eigenvalue weighted by molar-refractivity contribution is 5.94. The number of carbonyl (C=O) groups is 1. The van der Waals surface area contributed by atoms with Crippen molar-refractivity contribution in [3.05, 3.63) is 53.1 Å². The Morgan fingerprint density at radius 1 is 1.26 bits per heavy atom. The lowest BCUT2D eigenvalue weighted by Gasteiger charge is -2.38. The van der Waals surface area contributed by atoms with Crippen molar-refractivity contribution in [3.8, 4) is 0 Å². The van der Waals surface area contributed by atoms with Crippen molar-refractivity contribution < 1.29 is 4.79 Å². The van der Waals surface area contributed by atoms with Crippen molar-refractivity contribution >= 4 is 5.91 Å². The van der Waals surface area contributed by atoms with Crippen LogP contribution < -0.4 is 0 Å². The third-order valence-electron chi connectivity index (χ3n) is 5.12. The molecule has 120 valence electrons. The normalized spacial score (nSPS) is 21.4. The first-order valence-corrected chi connectivity index (χ1v) is 8.33. The molecule has 0 bridgehead atoms. The summed E-state index contributed by atoms with van der Waals surface area (Å²) in [6, 6.07) is 6.37. The fraction of sp³-hybridized carbons (Fsp3) is 0.444. The molecular weight excluding hydrogens is 288 g/mol. The van der Waals surface area contributed by atoms with Crippen LogP contribution in [0.2, 0.25) is 0 Å². The Labute approximate surface area is 136 Å². The number of carbonyl (C=O) groups excluding carboxylic acids is 1. The van der Waals surface area contributed by atoms with Gasteiger partial charge in [0.1, 0.15) is 5.82 Å². The number of likely N-dealkylation sites (N-methyl/N-ethyl adjacent to an activating group) is 1. The number of aryl methyl sites for hydroxylation is 2. The quantitative estimate of drug-likeness (QED) is 0.923. The Kier molecular flexibility index (Phi) is 3.65. The summed E-state index contributed by atoms with van der Waals surface area (Å²) in [5.74, 6) is 1.07. The Hall–Kier alpha value is -2.14. The van der Waals surface area contributed by atoms with Gasteiger partial charge in [0.2, 0.25) is 0 Å². The van der Waals surface area contributed by atoms with E-state index in [1.165, 1.54) is 17.5 Å². The van der Waals surface area contributed by atoms with Gasteiger partial charge in [-0.05, 0) is 49.6 Å². The first kappa shape index (κ1) is 14.5. The van der Waals surface area contributed by atoms with E-state index in [9.17, 15) is 4.79 Å².